The molecule has 0 bridgehead atoms. The summed E-state index contributed by atoms with van der Waals surface area (Å²) in [5, 5.41) is 11.2. The molecule has 1 N–H and O–H groups in total. The summed E-state index contributed by atoms with van der Waals surface area (Å²) < 4.78 is 29.8. The summed E-state index contributed by atoms with van der Waals surface area (Å²) in [5.41, 5.74) is -0.477. The molecule has 2 aliphatic heterocycles. The molecular formula is C33H54O7. The van der Waals surface area contributed by atoms with Gasteiger partial charge in [0.05, 0.1) is 24.9 Å². The summed E-state index contributed by atoms with van der Waals surface area (Å²) in [4.78, 5) is 11.3. The van der Waals surface area contributed by atoms with E-state index >= 15 is 0 Å². The van der Waals surface area contributed by atoms with E-state index in [1.54, 1.807) is 6.08 Å². The van der Waals surface area contributed by atoms with Crippen LogP contribution in [0.4, 0.5) is 0 Å². The van der Waals surface area contributed by atoms with Crippen LogP contribution in [0.25, 0.3) is 0 Å². The molecule has 2 saturated heterocycles. The van der Waals surface area contributed by atoms with Gasteiger partial charge in [-0.05, 0) is 76.5 Å². The van der Waals surface area contributed by atoms with Crippen molar-refractivity contribution in [3.8, 4) is 0 Å². The number of allylic oxidation sites excluding steroid dienone is 3. The molecule has 3 fully saturated rings. The van der Waals surface area contributed by atoms with Crippen LogP contribution in [0.3, 0.4) is 0 Å². The maximum absolute atomic E-state index is 11.3. The third kappa shape index (κ3) is 10.4. The normalized spacial score (nSPS) is 32.1. The lowest BCUT2D eigenvalue weighted by molar-refractivity contribution is -0.219. The first-order chi connectivity index (χ1) is 19.4. The Kier molecular flexibility index (Phi) is 14.4. The second-order valence-corrected chi connectivity index (χ2v) is 11.9. The number of ether oxygens (including phenoxy) is 5. The minimum Gasteiger partial charge on any atom is -0.466 e. The van der Waals surface area contributed by atoms with E-state index in [0.29, 0.717) is 18.8 Å². The van der Waals surface area contributed by atoms with E-state index in [-0.39, 0.29) is 36.5 Å². The Morgan fingerprint density at radius 1 is 1.07 bits per heavy atom. The van der Waals surface area contributed by atoms with E-state index in [0.717, 1.165) is 77.4 Å². The van der Waals surface area contributed by atoms with Crippen LogP contribution in [0.1, 0.15) is 97.8 Å². The van der Waals surface area contributed by atoms with Gasteiger partial charge in [-0.25, -0.2) is 4.79 Å². The minimum absolute atomic E-state index is 0.0202. The van der Waals surface area contributed by atoms with E-state index in [4.69, 9.17) is 18.9 Å². The van der Waals surface area contributed by atoms with Crippen molar-refractivity contribution in [3.63, 3.8) is 0 Å². The van der Waals surface area contributed by atoms with Crippen LogP contribution in [0.15, 0.2) is 36.5 Å². The number of unbranched alkanes of at least 4 members (excludes halogenated alkanes) is 1. The van der Waals surface area contributed by atoms with Crippen LogP contribution in [-0.2, 0) is 28.5 Å². The summed E-state index contributed by atoms with van der Waals surface area (Å²) in [7, 11) is 1.37. The molecule has 0 aromatic rings. The summed E-state index contributed by atoms with van der Waals surface area (Å²) in [6.45, 7) is 8.18. The second-order valence-electron chi connectivity index (χ2n) is 11.9. The second kappa shape index (κ2) is 17.4. The van der Waals surface area contributed by atoms with E-state index < -0.39 is 11.7 Å². The molecule has 0 radical (unpaired) electrons. The number of carbonyl (C=O) groups is 1. The summed E-state index contributed by atoms with van der Waals surface area (Å²) in [5.74, 6) is 0.0181. The third-order valence-electron chi connectivity index (χ3n) is 8.80. The lowest BCUT2D eigenvalue weighted by atomic mass is 9.83. The maximum atomic E-state index is 11.3. The van der Waals surface area contributed by atoms with Gasteiger partial charge in [0.15, 0.2) is 12.6 Å². The molecule has 3 aliphatic rings. The zero-order valence-electron chi connectivity index (χ0n) is 25.3. The molecule has 7 nitrogen and oxygen atoms in total. The first-order valence-electron chi connectivity index (χ1n) is 15.7. The summed E-state index contributed by atoms with van der Waals surface area (Å²) >= 11 is 0. The van der Waals surface area contributed by atoms with Crippen molar-refractivity contribution >= 4 is 5.97 Å². The number of carbonyl (C=O) groups excluding carboxylic acids is 1. The van der Waals surface area contributed by atoms with Crippen molar-refractivity contribution < 1.29 is 33.6 Å². The Morgan fingerprint density at radius 2 is 1.80 bits per heavy atom. The maximum Gasteiger partial charge on any atom is 0.330 e. The Balaban J connectivity index is 1.77. The average molecular weight is 563 g/mol. The molecular weight excluding hydrogens is 508 g/mol. The first kappa shape index (κ1) is 33.0. The van der Waals surface area contributed by atoms with E-state index in [1.165, 1.54) is 13.2 Å². The monoisotopic (exact) mass is 562 g/mol. The van der Waals surface area contributed by atoms with Gasteiger partial charge in [-0.15, -0.1) is 0 Å². The Hall–Kier alpha value is -1.51. The fourth-order valence-corrected chi connectivity index (χ4v) is 6.01. The van der Waals surface area contributed by atoms with Crippen LogP contribution < -0.4 is 0 Å². The van der Waals surface area contributed by atoms with Gasteiger partial charge in [0, 0.05) is 31.6 Å². The SMILES string of the molecule is CCCCC(C)C(C)(/C=C/[C@@H]1[C@@H](C/C=C\C/C=C/C(=O)OC)[C@@H](O)C[C@H]1OC1CCCCO1)OC1CCCCO1. The largest absolute Gasteiger partial charge is 0.466 e. The molecule has 0 aromatic heterocycles. The minimum atomic E-state index is -0.477. The molecule has 0 amide bonds. The van der Waals surface area contributed by atoms with Gasteiger partial charge in [-0.3, -0.25) is 0 Å². The Morgan fingerprint density at radius 3 is 2.45 bits per heavy atom. The topological polar surface area (TPSA) is 83.5 Å². The van der Waals surface area contributed by atoms with Crippen molar-refractivity contribution in [1.82, 2.24) is 0 Å². The lowest BCUT2D eigenvalue weighted by Gasteiger charge is -2.38. The van der Waals surface area contributed by atoms with Crippen LogP contribution in [0, 0.1) is 17.8 Å². The van der Waals surface area contributed by atoms with Crippen LogP contribution in [0.5, 0.6) is 0 Å². The number of hydrogen-bond donors (Lipinski definition) is 1. The van der Waals surface area contributed by atoms with E-state index in [9.17, 15) is 9.90 Å². The van der Waals surface area contributed by atoms with Crippen LogP contribution >= 0.6 is 0 Å². The standard InChI is InChI=1S/C33H54O7/c1-5-6-15-25(2)33(3,40-32-19-12-14-23-38-32)21-20-27-26(16-9-7-8-10-17-30(35)36-4)28(34)24-29(27)39-31-18-11-13-22-37-31/h7,9-10,17,20-21,25-29,31-32,34H,5-6,8,11-16,18-19,22-24H2,1-4H3/b9-7-,17-10+,21-20+/t25?,26-,27-,28+,29-,31?,32?,33?/m1/s1. The van der Waals surface area contributed by atoms with Gasteiger partial charge >= 0.3 is 5.97 Å². The fourth-order valence-electron chi connectivity index (χ4n) is 6.01. The number of methoxy groups -OCH3 is 1. The number of aliphatic hydroxyl groups excluding tert-OH is 1. The molecule has 2 heterocycles. The summed E-state index contributed by atoms with van der Waals surface area (Å²) in [6, 6.07) is 0. The quantitative estimate of drug-likeness (QED) is 0.136. The Labute approximate surface area is 242 Å². The highest BCUT2D eigenvalue weighted by Gasteiger charge is 2.43. The van der Waals surface area contributed by atoms with Crippen LogP contribution in [0.2, 0.25) is 0 Å². The first-order valence-corrected chi connectivity index (χ1v) is 15.7. The van der Waals surface area contributed by atoms with Gasteiger partial charge in [-0.1, -0.05) is 57.1 Å². The van der Waals surface area contributed by atoms with Gasteiger partial charge < -0.3 is 28.8 Å². The van der Waals surface area contributed by atoms with E-state index in [2.05, 4.69) is 43.7 Å². The van der Waals surface area contributed by atoms with Crippen molar-refractivity contribution in [1.29, 1.82) is 0 Å². The van der Waals surface area contributed by atoms with Gasteiger partial charge in [-0.2, -0.15) is 0 Å². The van der Waals surface area contributed by atoms with Crippen molar-refractivity contribution in [2.24, 2.45) is 17.8 Å². The number of hydrogen-bond acceptors (Lipinski definition) is 7. The highest BCUT2D eigenvalue weighted by Crippen LogP contribution is 2.41. The Bertz CT molecular complexity index is 812. The molecule has 0 aromatic carbocycles. The fraction of sp³-hybridized carbons (Fsp3) is 0.788. The molecule has 7 heteroatoms. The molecule has 228 valence electrons. The van der Waals surface area contributed by atoms with Crippen molar-refractivity contribution in [3.05, 3.63) is 36.5 Å². The highest BCUT2D eigenvalue weighted by molar-refractivity contribution is 5.81. The third-order valence-corrected chi connectivity index (χ3v) is 8.80. The number of esters is 1. The molecule has 4 unspecified atom stereocenters. The summed E-state index contributed by atoms with van der Waals surface area (Å²) in [6.07, 6.45) is 22.4. The average Bonchev–Trinajstić information content (AvgIpc) is 3.26. The number of aliphatic hydroxyl groups is 1. The molecule has 1 saturated carbocycles. The smallest absolute Gasteiger partial charge is 0.330 e. The van der Waals surface area contributed by atoms with Gasteiger partial charge in [0.25, 0.3) is 0 Å². The van der Waals surface area contributed by atoms with Crippen LogP contribution in [-0.4, -0.2) is 61.8 Å². The predicted octanol–water partition coefficient (Wildman–Crippen LogP) is 6.65. The zero-order valence-corrected chi connectivity index (χ0v) is 25.3. The molecule has 8 atom stereocenters. The molecule has 1 aliphatic carbocycles. The molecule has 40 heavy (non-hydrogen) atoms. The van der Waals surface area contributed by atoms with Gasteiger partial charge in [0.2, 0.25) is 0 Å². The van der Waals surface area contributed by atoms with Crippen molar-refractivity contribution in [2.45, 2.75) is 128 Å². The van der Waals surface area contributed by atoms with Crippen molar-refractivity contribution in [2.75, 3.05) is 20.3 Å². The predicted molar refractivity (Wildman–Crippen MR) is 157 cm³/mol. The van der Waals surface area contributed by atoms with E-state index in [1.807, 2.05) is 6.08 Å². The highest BCUT2D eigenvalue weighted by atomic mass is 16.7. The van der Waals surface area contributed by atoms with Gasteiger partial charge in [0.1, 0.15) is 0 Å². The molecule has 3 rings (SSSR count). The zero-order chi connectivity index (χ0) is 28.8. The number of rotatable bonds is 15. The molecule has 0 spiro atoms. The lowest BCUT2D eigenvalue weighted by Crippen LogP contribution is -2.40.